The molecule has 3 heteroatoms. The Morgan fingerprint density at radius 3 is 1.61 bits per heavy atom. The standard InChI is InChI=1S/C68H44N2O/c1-2-21-54-45(16-1)34-35-50-42-48(38-41-56(50)54)47-17-13-19-52(43-47)69(53-20-14-18-49(44-53)57-28-15-29-63-62-27-8-12-33-67(62)71-68(57)63)51-39-36-46(37-40-51)55-22-3-4-23-58(55)59-24-5-9-30-64(59)70-65-31-10-6-25-60(65)61-26-7-11-32-66(61)70/h1-44H. The Kier molecular flexibility index (Phi) is 9.53. The molecule has 0 aliphatic carbocycles. The maximum atomic E-state index is 6.57. The van der Waals surface area contributed by atoms with Crippen LogP contribution >= 0.6 is 0 Å². The van der Waals surface area contributed by atoms with E-state index in [1.54, 1.807) is 0 Å². The second kappa shape index (κ2) is 16.7. The molecule has 0 saturated heterocycles. The van der Waals surface area contributed by atoms with E-state index in [-0.39, 0.29) is 0 Å². The summed E-state index contributed by atoms with van der Waals surface area (Å²) in [5.74, 6) is 0. The number of rotatable bonds is 8. The van der Waals surface area contributed by atoms with E-state index in [0.29, 0.717) is 0 Å². The lowest BCUT2D eigenvalue weighted by molar-refractivity contribution is 0.670. The van der Waals surface area contributed by atoms with E-state index in [4.69, 9.17) is 4.42 Å². The average molecular weight is 905 g/mol. The highest BCUT2D eigenvalue weighted by atomic mass is 16.3. The SMILES string of the molecule is c1cc(-c2ccc3c(ccc4ccccc43)c2)cc(N(c2ccc(-c3ccccc3-c3ccccc3-n3c4ccccc4c4ccccc43)cc2)c2cccc(-c3cccc4c3oc3ccccc34)c2)c1. The van der Waals surface area contributed by atoms with Crippen LogP contribution in [0.2, 0.25) is 0 Å². The van der Waals surface area contributed by atoms with E-state index in [2.05, 4.69) is 270 Å². The topological polar surface area (TPSA) is 21.3 Å². The Balaban J connectivity index is 0.897. The Morgan fingerprint density at radius 1 is 0.282 bits per heavy atom. The number of anilines is 3. The summed E-state index contributed by atoms with van der Waals surface area (Å²) in [6, 6.07) is 96.7. The summed E-state index contributed by atoms with van der Waals surface area (Å²) in [6.07, 6.45) is 0. The lowest BCUT2D eigenvalue weighted by atomic mass is 9.93. The number of nitrogens with zero attached hydrogens (tertiary/aromatic N) is 2. The van der Waals surface area contributed by atoms with Crippen molar-refractivity contribution in [1.82, 2.24) is 4.57 Å². The van der Waals surface area contributed by atoms with Crippen LogP contribution in [0.5, 0.6) is 0 Å². The van der Waals surface area contributed by atoms with Crippen LogP contribution in [0.1, 0.15) is 0 Å². The first kappa shape index (κ1) is 40.6. The van der Waals surface area contributed by atoms with E-state index in [1.165, 1.54) is 65.6 Å². The fourth-order valence-electron chi connectivity index (χ4n) is 11.1. The third-order valence-corrected chi connectivity index (χ3v) is 14.4. The molecule has 0 atom stereocenters. The molecule has 0 unspecified atom stereocenters. The molecular formula is C68H44N2O. The fraction of sp³-hybridized carbons (Fsp3) is 0. The zero-order valence-electron chi connectivity index (χ0n) is 38.7. The molecule has 332 valence electrons. The molecule has 0 radical (unpaired) electrons. The van der Waals surface area contributed by atoms with Crippen molar-refractivity contribution in [3.8, 4) is 50.2 Å². The molecule has 0 bridgehead atoms. The van der Waals surface area contributed by atoms with Crippen LogP contribution in [-0.2, 0) is 0 Å². The summed E-state index contributed by atoms with van der Waals surface area (Å²) in [7, 11) is 0. The molecule has 0 spiro atoms. The van der Waals surface area contributed by atoms with Crippen molar-refractivity contribution in [3.05, 3.63) is 267 Å². The minimum atomic E-state index is 0.892. The Hall–Kier alpha value is -9.44. The molecule has 2 heterocycles. The maximum absolute atomic E-state index is 6.57. The van der Waals surface area contributed by atoms with Crippen molar-refractivity contribution in [2.45, 2.75) is 0 Å². The van der Waals surface area contributed by atoms with Gasteiger partial charge in [0.25, 0.3) is 0 Å². The minimum Gasteiger partial charge on any atom is -0.455 e. The first-order valence-electron chi connectivity index (χ1n) is 24.3. The number of hydrogen-bond acceptors (Lipinski definition) is 2. The summed E-state index contributed by atoms with van der Waals surface area (Å²) in [5, 5.41) is 9.75. The highest BCUT2D eigenvalue weighted by molar-refractivity contribution is 6.12. The zero-order valence-corrected chi connectivity index (χ0v) is 38.7. The van der Waals surface area contributed by atoms with E-state index < -0.39 is 0 Å². The smallest absolute Gasteiger partial charge is 0.143 e. The molecule has 3 nitrogen and oxygen atoms in total. The number of para-hydroxylation sites is 5. The third-order valence-electron chi connectivity index (χ3n) is 14.4. The lowest BCUT2D eigenvalue weighted by Gasteiger charge is -2.27. The molecule has 0 fully saturated rings. The van der Waals surface area contributed by atoms with Crippen molar-refractivity contribution in [3.63, 3.8) is 0 Å². The van der Waals surface area contributed by atoms with Gasteiger partial charge >= 0.3 is 0 Å². The van der Waals surface area contributed by atoms with Crippen LogP contribution in [-0.4, -0.2) is 4.57 Å². The summed E-state index contributed by atoms with van der Waals surface area (Å²) < 4.78 is 9.00. The van der Waals surface area contributed by atoms with Crippen LogP contribution < -0.4 is 4.90 Å². The number of hydrogen-bond donors (Lipinski definition) is 0. The molecule has 14 aromatic rings. The van der Waals surface area contributed by atoms with Crippen molar-refractivity contribution in [2.75, 3.05) is 4.90 Å². The monoisotopic (exact) mass is 904 g/mol. The van der Waals surface area contributed by atoms with Gasteiger partial charge in [0, 0.05) is 49.7 Å². The molecule has 0 aliphatic rings. The van der Waals surface area contributed by atoms with Gasteiger partial charge < -0.3 is 13.9 Å². The number of furan rings is 1. The van der Waals surface area contributed by atoms with Gasteiger partial charge in [-0.2, -0.15) is 0 Å². The molecule has 0 amide bonds. The predicted molar refractivity (Wildman–Crippen MR) is 299 cm³/mol. The molecule has 0 saturated carbocycles. The van der Waals surface area contributed by atoms with Crippen LogP contribution in [0.4, 0.5) is 17.1 Å². The van der Waals surface area contributed by atoms with Gasteiger partial charge in [0.15, 0.2) is 0 Å². The Bertz CT molecular complexity index is 4310. The first-order valence-corrected chi connectivity index (χ1v) is 24.3. The normalized spacial score (nSPS) is 11.7. The van der Waals surface area contributed by atoms with E-state index in [9.17, 15) is 0 Å². The number of fused-ring (bicyclic) bond motifs is 9. The molecule has 14 rings (SSSR count). The summed E-state index contributed by atoms with van der Waals surface area (Å²) >= 11 is 0. The first-order chi connectivity index (χ1) is 35.2. The van der Waals surface area contributed by atoms with Crippen LogP contribution in [0.25, 0.3) is 115 Å². The summed E-state index contributed by atoms with van der Waals surface area (Å²) in [5.41, 5.74) is 17.6. The van der Waals surface area contributed by atoms with Crippen molar-refractivity contribution in [2.24, 2.45) is 0 Å². The van der Waals surface area contributed by atoms with Crippen LogP contribution in [0, 0.1) is 0 Å². The Labute approximate surface area is 411 Å². The van der Waals surface area contributed by atoms with Crippen molar-refractivity contribution >= 4 is 82.4 Å². The quantitative estimate of drug-likeness (QED) is 0.142. The predicted octanol–water partition coefficient (Wildman–Crippen LogP) is 19.1. The summed E-state index contributed by atoms with van der Waals surface area (Å²) in [4.78, 5) is 2.38. The van der Waals surface area contributed by atoms with Crippen LogP contribution in [0.3, 0.4) is 0 Å². The maximum Gasteiger partial charge on any atom is 0.143 e. The molecular weight excluding hydrogens is 861 g/mol. The lowest BCUT2D eigenvalue weighted by Crippen LogP contribution is -2.10. The second-order valence-corrected chi connectivity index (χ2v) is 18.4. The average Bonchev–Trinajstić information content (AvgIpc) is 3.99. The highest BCUT2D eigenvalue weighted by Gasteiger charge is 2.20. The van der Waals surface area contributed by atoms with Gasteiger partial charge in [0.1, 0.15) is 11.2 Å². The number of benzene rings is 12. The van der Waals surface area contributed by atoms with E-state index in [1.807, 2.05) is 6.07 Å². The van der Waals surface area contributed by atoms with Gasteiger partial charge in [-0.05, 0) is 122 Å². The highest BCUT2D eigenvalue weighted by Crippen LogP contribution is 2.44. The largest absolute Gasteiger partial charge is 0.455 e. The van der Waals surface area contributed by atoms with Gasteiger partial charge in [-0.15, -0.1) is 0 Å². The van der Waals surface area contributed by atoms with Gasteiger partial charge in [-0.25, -0.2) is 0 Å². The van der Waals surface area contributed by atoms with Crippen LogP contribution in [0.15, 0.2) is 271 Å². The summed E-state index contributed by atoms with van der Waals surface area (Å²) in [6.45, 7) is 0. The van der Waals surface area contributed by atoms with Crippen molar-refractivity contribution in [1.29, 1.82) is 0 Å². The molecule has 2 aromatic heterocycles. The van der Waals surface area contributed by atoms with Crippen molar-refractivity contribution < 1.29 is 4.42 Å². The van der Waals surface area contributed by atoms with Gasteiger partial charge in [-0.1, -0.05) is 200 Å². The van der Waals surface area contributed by atoms with Gasteiger partial charge in [0.05, 0.1) is 16.7 Å². The molecule has 71 heavy (non-hydrogen) atoms. The van der Waals surface area contributed by atoms with Gasteiger partial charge in [0.2, 0.25) is 0 Å². The Morgan fingerprint density at radius 2 is 0.817 bits per heavy atom. The number of aromatic nitrogens is 1. The zero-order chi connectivity index (χ0) is 46.8. The fourth-order valence-corrected chi connectivity index (χ4v) is 11.1. The van der Waals surface area contributed by atoms with E-state index >= 15 is 0 Å². The van der Waals surface area contributed by atoms with Gasteiger partial charge in [-0.3, -0.25) is 0 Å². The minimum absolute atomic E-state index is 0.892. The van der Waals surface area contributed by atoms with E-state index in [0.717, 1.165) is 66.9 Å². The molecule has 12 aromatic carbocycles. The molecule has 0 aliphatic heterocycles. The third kappa shape index (κ3) is 6.82. The second-order valence-electron chi connectivity index (χ2n) is 18.4. The molecule has 0 N–H and O–H groups in total.